The van der Waals surface area contributed by atoms with Crippen molar-refractivity contribution in [1.82, 2.24) is 0 Å². The van der Waals surface area contributed by atoms with Crippen molar-refractivity contribution in [2.75, 3.05) is 6.54 Å². The summed E-state index contributed by atoms with van der Waals surface area (Å²) in [5, 5.41) is 9.73. The predicted molar refractivity (Wildman–Crippen MR) is 62.3 cm³/mol. The molecule has 1 aliphatic carbocycles. The first-order chi connectivity index (χ1) is 7.02. The van der Waals surface area contributed by atoms with Crippen LogP contribution in [0.4, 0.5) is 0 Å². The van der Waals surface area contributed by atoms with E-state index in [2.05, 4.69) is 13.8 Å². The molecule has 0 atom stereocenters. The van der Waals surface area contributed by atoms with Crippen LogP contribution in [-0.4, -0.2) is 11.7 Å². The molecule has 1 aromatic carbocycles. The molecule has 2 rings (SSSR count). The average Bonchev–Trinajstić information content (AvgIpc) is 2.96. The van der Waals surface area contributed by atoms with Crippen LogP contribution in [0.1, 0.15) is 35.1 Å². The van der Waals surface area contributed by atoms with Gasteiger partial charge in [-0.2, -0.15) is 0 Å². The maximum Gasteiger partial charge on any atom is 0.119 e. The van der Waals surface area contributed by atoms with Gasteiger partial charge in [-0.1, -0.05) is 0 Å². The highest BCUT2D eigenvalue weighted by Crippen LogP contribution is 2.50. The van der Waals surface area contributed by atoms with E-state index in [9.17, 15) is 5.11 Å². The van der Waals surface area contributed by atoms with E-state index in [1.807, 2.05) is 13.0 Å². The first-order valence-corrected chi connectivity index (χ1v) is 5.52. The van der Waals surface area contributed by atoms with E-state index < -0.39 is 0 Å². The van der Waals surface area contributed by atoms with Crippen molar-refractivity contribution in [2.45, 2.75) is 39.0 Å². The van der Waals surface area contributed by atoms with E-state index in [-0.39, 0.29) is 5.41 Å². The molecule has 0 spiro atoms. The molecule has 0 bridgehead atoms. The number of hydrogen-bond acceptors (Lipinski definition) is 2. The van der Waals surface area contributed by atoms with Crippen molar-refractivity contribution in [2.24, 2.45) is 5.73 Å². The van der Waals surface area contributed by atoms with Crippen LogP contribution in [0.5, 0.6) is 5.75 Å². The van der Waals surface area contributed by atoms with Gasteiger partial charge in [-0.15, -0.1) is 0 Å². The van der Waals surface area contributed by atoms with Crippen LogP contribution in [0, 0.1) is 20.8 Å². The zero-order valence-electron chi connectivity index (χ0n) is 9.72. The lowest BCUT2D eigenvalue weighted by atomic mass is 9.85. The van der Waals surface area contributed by atoms with Gasteiger partial charge in [-0.25, -0.2) is 0 Å². The summed E-state index contributed by atoms with van der Waals surface area (Å²) in [6.07, 6.45) is 2.38. The minimum absolute atomic E-state index is 0.215. The Balaban J connectivity index is 2.62. The first kappa shape index (κ1) is 10.5. The van der Waals surface area contributed by atoms with E-state index in [0.29, 0.717) is 5.75 Å². The molecule has 0 aromatic heterocycles. The second kappa shape index (κ2) is 3.24. The number of hydrogen-bond donors (Lipinski definition) is 2. The van der Waals surface area contributed by atoms with E-state index in [0.717, 1.165) is 12.1 Å². The van der Waals surface area contributed by atoms with Crippen molar-refractivity contribution >= 4 is 0 Å². The molecule has 0 heterocycles. The number of benzene rings is 1. The van der Waals surface area contributed by atoms with Crippen LogP contribution < -0.4 is 5.73 Å². The van der Waals surface area contributed by atoms with Gasteiger partial charge in [0.15, 0.2) is 0 Å². The highest BCUT2D eigenvalue weighted by molar-refractivity contribution is 5.52. The standard InChI is InChI=1S/C13H19NO/c1-8-6-11(15)9(2)10(3)12(8)13(7-14)4-5-13/h6,15H,4-5,7,14H2,1-3H3. The number of nitrogens with two attached hydrogens (primary N) is 1. The molecule has 1 fully saturated rings. The van der Waals surface area contributed by atoms with Crippen molar-refractivity contribution in [1.29, 1.82) is 0 Å². The fourth-order valence-corrected chi connectivity index (χ4v) is 2.58. The maximum absolute atomic E-state index is 9.73. The average molecular weight is 205 g/mol. The first-order valence-electron chi connectivity index (χ1n) is 5.52. The Hall–Kier alpha value is -1.02. The number of rotatable bonds is 2. The van der Waals surface area contributed by atoms with Gasteiger partial charge in [-0.3, -0.25) is 0 Å². The molecule has 3 N–H and O–H groups in total. The van der Waals surface area contributed by atoms with Gasteiger partial charge < -0.3 is 10.8 Å². The highest BCUT2D eigenvalue weighted by atomic mass is 16.3. The molecular weight excluding hydrogens is 186 g/mol. The van der Waals surface area contributed by atoms with Crippen molar-refractivity contribution in [3.05, 3.63) is 28.3 Å². The minimum Gasteiger partial charge on any atom is -0.508 e. The van der Waals surface area contributed by atoms with Crippen LogP contribution in [0.3, 0.4) is 0 Å². The van der Waals surface area contributed by atoms with Crippen molar-refractivity contribution in [3.8, 4) is 5.75 Å². The molecule has 0 unspecified atom stereocenters. The van der Waals surface area contributed by atoms with Gasteiger partial charge in [0.2, 0.25) is 0 Å². The fraction of sp³-hybridized carbons (Fsp3) is 0.538. The molecule has 15 heavy (non-hydrogen) atoms. The third kappa shape index (κ3) is 1.44. The summed E-state index contributed by atoms with van der Waals surface area (Å²) in [6, 6.07) is 1.87. The van der Waals surface area contributed by atoms with E-state index >= 15 is 0 Å². The van der Waals surface area contributed by atoms with Crippen LogP contribution in [-0.2, 0) is 5.41 Å². The number of phenolic OH excluding ortho intramolecular Hbond substituents is 1. The molecule has 0 amide bonds. The van der Waals surface area contributed by atoms with Crippen LogP contribution in [0.25, 0.3) is 0 Å². The van der Waals surface area contributed by atoms with Gasteiger partial charge >= 0.3 is 0 Å². The van der Waals surface area contributed by atoms with Gasteiger partial charge in [0.05, 0.1) is 0 Å². The molecule has 2 nitrogen and oxygen atoms in total. The molecule has 0 radical (unpaired) electrons. The molecule has 82 valence electrons. The Bertz CT molecular complexity index is 405. The van der Waals surface area contributed by atoms with Crippen molar-refractivity contribution in [3.63, 3.8) is 0 Å². The van der Waals surface area contributed by atoms with Crippen LogP contribution in [0.2, 0.25) is 0 Å². The maximum atomic E-state index is 9.73. The smallest absolute Gasteiger partial charge is 0.119 e. The normalized spacial score (nSPS) is 17.9. The SMILES string of the molecule is Cc1cc(O)c(C)c(C)c1C1(CN)CC1. The summed E-state index contributed by atoms with van der Waals surface area (Å²) < 4.78 is 0. The second-order valence-corrected chi connectivity index (χ2v) is 4.82. The molecule has 2 heteroatoms. The Morgan fingerprint density at radius 3 is 2.33 bits per heavy atom. The third-order valence-corrected chi connectivity index (χ3v) is 3.84. The summed E-state index contributed by atoms with van der Waals surface area (Å²) in [6.45, 7) is 6.85. The highest BCUT2D eigenvalue weighted by Gasteiger charge is 2.45. The van der Waals surface area contributed by atoms with Gasteiger partial charge in [0, 0.05) is 12.0 Å². The monoisotopic (exact) mass is 205 g/mol. The minimum atomic E-state index is 0.215. The van der Waals surface area contributed by atoms with Crippen LogP contribution >= 0.6 is 0 Å². The topological polar surface area (TPSA) is 46.2 Å². The Labute approximate surface area is 91.1 Å². The number of phenols is 1. The molecule has 1 aromatic rings. The zero-order valence-corrected chi connectivity index (χ0v) is 9.72. The third-order valence-electron chi connectivity index (χ3n) is 3.84. The fourth-order valence-electron chi connectivity index (χ4n) is 2.58. The lowest BCUT2D eigenvalue weighted by molar-refractivity contribution is 0.469. The molecular formula is C13H19NO. The Kier molecular flexibility index (Phi) is 2.27. The van der Waals surface area contributed by atoms with Crippen molar-refractivity contribution < 1.29 is 5.11 Å². The quantitative estimate of drug-likeness (QED) is 0.778. The molecule has 0 saturated heterocycles. The lowest BCUT2D eigenvalue weighted by Crippen LogP contribution is -2.22. The Morgan fingerprint density at radius 2 is 1.87 bits per heavy atom. The molecule has 0 aliphatic heterocycles. The van der Waals surface area contributed by atoms with Crippen LogP contribution in [0.15, 0.2) is 6.07 Å². The van der Waals surface area contributed by atoms with E-state index in [1.54, 1.807) is 0 Å². The van der Waals surface area contributed by atoms with E-state index in [4.69, 9.17) is 5.73 Å². The summed E-state index contributed by atoms with van der Waals surface area (Å²) in [7, 11) is 0. The summed E-state index contributed by atoms with van der Waals surface area (Å²) in [5.41, 5.74) is 10.8. The zero-order chi connectivity index (χ0) is 11.2. The number of aromatic hydroxyl groups is 1. The largest absolute Gasteiger partial charge is 0.508 e. The predicted octanol–water partition coefficient (Wildman–Crippen LogP) is 2.31. The lowest BCUT2D eigenvalue weighted by Gasteiger charge is -2.21. The van der Waals surface area contributed by atoms with Gasteiger partial charge in [0.1, 0.15) is 5.75 Å². The number of aryl methyl sites for hydroxylation is 1. The van der Waals surface area contributed by atoms with Gasteiger partial charge in [0.25, 0.3) is 0 Å². The summed E-state index contributed by atoms with van der Waals surface area (Å²) in [5.74, 6) is 0.404. The van der Waals surface area contributed by atoms with Gasteiger partial charge in [-0.05, 0) is 61.9 Å². The molecule has 1 saturated carbocycles. The summed E-state index contributed by atoms with van der Waals surface area (Å²) >= 11 is 0. The second-order valence-electron chi connectivity index (χ2n) is 4.82. The Morgan fingerprint density at radius 1 is 1.27 bits per heavy atom. The summed E-state index contributed by atoms with van der Waals surface area (Å²) in [4.78, 5) is 0. The molecule has 1 aliphatic rings. The van der Waals surface area contributed by atoms with E-state index in [1.165, 1.54) is 29.5 Å².